The van der Waals surface area contributed by atoms with Gasteiger partial charge in [-0.25, -0.2) is 9.97 Å². The van der Waals surface area contributed by atoms with Crippen molar-refractivity contribution in [2.45, 2.75) is 13.8 Å². The Kier molecular flexibility index (Phi) is 5.51. The van der Waals surface area contributed by atoms with E-state index in [9.17, 15) is 4.79 Å². The van der Waals surface area contributed by atoms with Crippen molar-refractivity contribution in [2.24, 2.45) is 0 Å². The Balaban J connectivity index is 2.34. The SMILES string of the molecule is COC(C)=C(C)NC(=O)c1csc2cnc(N(C)CCO)nc12. The number of amides is 1. The number of carbonyl (C=O) groups excluding carboxylic acids is 1. The lowest BCUT2D eigenvalue weighted by Crippen LogP contribution is -2.24. The summed E-state index contributed by atoms with van der Waals surface area (Å²) >= 11 is 1.42. The number of aliphatic hydroxyl groups is 1. The van der Waals surface area contributed by atoms with Gasteiger partial charge in [-0.1, -0.05) is 0 Å². The Hall–Kier alpha value is -2.19. The number of hydrogen-bond donors (Lipinski definition) is 2. The van der Waals surface area contributed by atoms with Gasteiger partial charge in [0, 0.05) is 19.0 Å². The lowest BCUT2D eigenvalue weighted by atomic mass is 10.2. The van der Waals surface area contributed by atoms with Crippen LogP contribution in [0.15, 0.2) is 23.0 Å². The molecule has 2 heterocycles. The van der Waals surface area contributed by atoms with E-state index in [1.165, 1.54) is 11.3 Å². The van der Waals surface area contributed by atoms with Crippen molar-refractivity contribution in [3.8, 4) is 0 Å². The van der Waals surface area contributed by atoms with Crippen molar-refractivity contribution in [2.75, 3.05) is 32.2 Å². The third-order valence-corrected chi connectivity index (χ3v) is 4.36. The second kappa shape index (κ2) is 7.38. The van der Waals surface area contributed by atoms with E-state index in [2.05, 4.69) is 15.3 Å². The highest BCUT2D eigenvalue weighted by Gasteiger charge is 2.16. The molecule has 0 unspecified atom stereocenters. The van der Waals surface area contributed by atoms with Crippen LogP contribution >= 0.6 is 11.3 Å². The lowest BCUT2D eigenvalue weighted by molar-refractivity contribution is 0.0965. The molecule has 0 bridgehead atoms. The number of allylic oxidation sites excluding steroid dienone is 2. The maximum atomic E-state index is 12.4. The maximum Gasteiger partial charge on any atom is 0.258 e. The second-order valence-corrected chi connectivity index (χ2v) is 5.93. The number of nitrogens with one attached hydrogen (secondary N) is 1. The van der Waals surface area contributed by atoms with Crippen LogP contribution in [-0.2, 0) is 4.74 Å². The average molecular weight is 336 g/mol. The molecule has 0 atom stereocenters. The molecule has 0 saturated heterocycles. The molecule has 0 saturated carbocycles. The summed E-state index contributed by atoms with van der Waals surface area (Å²) < 4.78 is 5.94. The maximum absolute atomic E-state index is 12.4. The van der Waals surface area contributed by atoms with Crippen molar-refractivity contribution in [3.05, 3.63) is 28.6 Å². The molecular formula is C15H20N4O3S. The first-order valence-electron chi connectivity index (χ1n) is 7.07. The summed E-state index contributed by atoms with van der Waals surface area (Å²) in [4.78, 5) is 22.9. The van der Waals surface area contributed by atoms with Gasteiger partial charge in [-0.05, 0) is 13.8 Å². The molecule has 1 amide bonds. The minimum Gasteiger partial charge on any atom is -0.500 e. The first-order chi connectivity index (χ1) is 11.0. The van der Waals surface area contributed by atoms with E-state index in [0.717, 1.165) is 4.70 Å². The zero-order valence-electron chi connectivity index (χ0n) is 13.6. The van der Waals surface area contributed by atoms with Crippen LogP contribution in [-0.4, -0.2) is 48.3 Å². The Labute approximate surface area is 138 Å². The molecule has 2 N–H and O–H groups in total. The summed E-state index contributed by atoms with van der Waals surface area (Å²) in [5.74, 6) is 0.884. The van der Waals surface area contributed by atoms with Gasteiger partial charge in [-0.3, -0.25) is 4.79 Å². The minimum absolute atomic E-state index is 0.00909. The molecule has 0 radical (unpaired) electrons. The lowest BCUT2D eigenvalue weighted by Gasteiger charge is -2.15. The van der Waals surface area contributed by atoms with Crippen LogP contribution in [0.5, 0.6) is 0 Å². The number of aromatic nitrogens is 2. The summed E-state index contributed by atoms with van der Waals surface area (Å²) in [5.41, 5.74) is 1.75. The predicted molar refractivity (Wildman–Crippen MR) is 90.6 cm³/mol. The van der Waals surface area contributed by atoms with Crippen LogP contribution in [0.4, 0.5) is 5.95 Å². The van der Waals surface area contributed by atoms with Gasteiger partial charge >= 0.3 is 0 Å². The number of likely N-dealkylation sites (N-methyl/N-ethyl adjacent to an activating group) is 1. The molecule has 7 nitrogen and oxygen atoms in total. The molecular weight excluding hydrogens is 316 g/mol. The largest absolute Gasteiger partial charge is 0.500 e. The standard InChI is InChI=1S/C15H20N4O3S/c1-9(10(2)22-4)17-14(21)11-8-23-12-7-16-15(18-13(11)12)19(3)5-6-20/h7-8,20H,5-6H2,1-4H3,(H,17,21). The third kappa shape index (κ3) is 3.77. The Morgan fingerprint density at radius 1 is 1.48 bits per heavy atom. The van der Waals surface area contributed by atoms with Gasteiger partial charge in [-0.2, -0.15) is 0 Å². The summed E-state index contributed by atoms with van der Waals surface area (Å²) in [6, 6.07) is 0. The topological polar surface area (TPSA) is 87.6 Å². The van der Waals surface area contributed by atoms with E-state index in [1.54, 1.807) is 44.5 Å². The fourth-order valence-electron chi connectivity index (χ4n) is 1.89. The molecule has 124 valence electrons. The number of anilines is 1. The highest BCUT2D eigenvalue weighted by atomic mass is 32.1. The number of hydrogen-bond acceptors (Lipinski definition) is 7. The van der Waals surface area contributed by atoms with Crippen LogP contribution in [0.25, 0.3) is 10.2 Å². The van der Waals surface area contributed by atoms with Gasteiger partial charge in [0.05, 0.1) is 41.4 Å². The summed E-state index contributed by atoms with van der Waals surface area (Å²) in [5, 5.41) is 13.6. The Morgan fingerprint density at radius 3 is 2.87 bits per heavy atom. The van der Waals surface area contributed by atoms with E-state index in [4.69, 9.17) is 9.84 Å². The first kappa shape index (κ1) is 17.2. The fourth-order valence-corrected chi connectivity index (χ4v) is 2.74. The van der Waals surface area contributed by atoms with Gasteiger partial charge in [0.25, 0.3) is 5.91 Å². The molecule has 2 aromatic rings. The number of ether oxygens (including phenoxy) is 1. The summed E-state index contributed by atoms with van der Waals surface area (Å²) in [6.45, 7) is 3.99. The van der Waals surface area contributed by atoms with E-state index in [1.807, 2.05) is 0 Å². The molecule has 23 heavy (non-hydrogen) atoms. The van der Waals surface area contributed by atoms with Crippen LogP contribution in [0.1, 0.15) is 24.2 Å². The third-order valence-electron chi connectivity index (χ3n) is 3.46. The van der Waals surface area contributed by atoms with Crippen LogP contribution in [0.2, 0.25) is 0 Å². The first-order valence-corrected chi connectivity index (χ1v) is 7.95. The molecule has 0 aliphatic carbocycles. The van der Waals surface area contributed by atoms with E-state index in [0.29, 0.717) is 35.0 Å². The number of fused-ring (bicyclic) bond motifs is 1. The monoisotopic (exact) mass is 336 g/mol. The zero-order chi connectivity index (χ0) is 17.0. The number of rotatable bonds is 6. The smallest absolute Gasteiger partial charge is 0.258 e. The van der Waals surface area contributed by atoms with Crippen molar-refractivity contribution >= 4 is 33.4 Å². The van der Waals surface area contributed by atoms with Crippen LogP contribution in [0, 0.1) is 0 Å². The summed E-state index contributed by atoms with van der Waals surface area (Å²) in [7, 11) is 3.35. The Bertz CT molecular complexity index is 741. The van der Waals surface area contributed by atoms with E-state index in [-0.39, 0.29) is 12.5 Å². The van der Waals surface area contributed by atoms with Gasteiger partial charge in [0.2, 0.25) is 5.95 Å². The van der Waals surface area contributed by atoms with Gasteiger partial charge in [0.1, 0.15) is 5.76 Å². The molecule has 0 aliphatic rings. The van der Waals surface area contributed by atoms with Crippen molar-refractivity contribution < 1.29 is 14.6 Å². The highest BCUT2D eigenvalue weighted by molar-refractivity contribution is 7.17. The molecule has 8 heteroatoms. The molecule has 0 fully saturated rings. The quantitative estimate of drug-likeness (QED) is 0.782. The molecule has 0 aliphatic heterocycles. The normalized spacial score (nSPS) is 12.0. The van der Waals surface area contributed by atoms with Gasteiger partial charge < -0.3 is 20.1 Å². The fraction of sp³-hybridized carbons (Fsp3) is 0.400. The van der Waals surface area contributed by atoms with Gasteiger partial charge in [-0.15, -0.1) is 11.3 Å². The molecule has 2 aromatic heterocycles. The molecule has 2 rings (SSSR count). The molecule has 0 aromatic carbocycles. The number of nitrogens with zero attached hydrogens (tertiary/aromatic N) is 3. The Morgan fingerprint density at radius 2 is 2.22 bits per heavy atom. The summed E-state index contributed by atoms with van der Waals surface area (Å²) in [6.07, 6.45) is 1.69. The van der Waals surface area contributed by atoms with Crippen LogP contribution in [0.3, 0.4) is 0 Å². The number of carbonyl (C=O) groups is 1. The van der Waals surface area contributed by atoms with Gasteiger partial charge in [0.15, 0.2) is 0 Å². The van der Waals surface area contributed by atoms with E-state index >= 15 is 0 Å². The van der Waals surface area contributed by atoms with Crippen molar-refractivity contribution in [1.29, 1.82) is 0 Å². The zero-order valence-corrected chi connectivity index (χ0v) is 14.4. The number of aliphatic hydroxyl groups excluding tert-OH is 1. The number of thiophene rings is 1. The highest BCUT2D eigenvalue weighted by Crippen LogP contribution is 2.25. The minimum atomic E-state index is -0.236. The predicted octanol–water partition coefficient (Wildman–Crippen LogP) is 1.75. The second-order valence-electron chi connectivity index (χ2n) is 5.02. The van der Waals surface area contributed by atoms with Crippen molar-refractivity contribution in [1.82, 2.24) is 15.3 Å². The number of methoxy groups -OCH3 is 1. The molecule has 0 spiro atoms. The van der Waals surface area contributed by atoms with Crippen molar-refractivity contribution in [3.63, 3.8) is 0 Å². The average Bonchev–Trinajstić information content (AvgIpc) is 2.97. The van der Waals surface area contributed by atoms with Crippen LogP contribution < -0.4 is 10.2 Å². The van der Waals surface area contributed by atoms with E-state index < -0.39 is 0 Å².